The molecule has 2 N–H and O–H groups in total. The fourth-order valence-electron chi connectivity index (χ4n) is 3.70. The molecule has 0 aliphatic heterocycles. The van der Waals surface area contributed by atoms with Crippen molar-refractivity contribution in [1.29, 1.82) is 0 Å². The molecule has 1 heterocycles. The van der Waals surface area contributed by atoms with Crippen LogP contribution in [0.5, 0.6) is 0 Å². The van der Waals surface area contributed by atoms with E-state index in [0.717, 1.165) is 31.2 Å². The molecule has 1 aromatic heterocycles. The van der Waals surface area contributed by atoms with E-state index in [-0.39, 0.29) is 17.6 Å². The molecule has 1 amide bonds. The van der Waals surface area contributed by atoms with Gasteiger partial charge in [0.1, 0.15) is 5.69 Å². The van der Waals surface area contributed by atoms with Crippen LogP contribution in [0.3, 0.4) is 0 Å². The van der Waals surface area contributed by atoms with Crippen molar-refractivity contribution < 1.29 is 9.72 Å². The van der Waals surface area contributed by atoms with Crippen LogP contribution in [0.2, 0.25) is 0 Å². The van der Waals surface area contributed by atoms with Gasteiger partial charge in [-0.3, -0.25) is 14.9 Å². The fourth-order valence-corrected chi connectivity index (χ4v) is 3.70. The highest BCUT2D eigenvalue weighted by atomic mass is 16.6. The number of carbonyl (C=O) groups excluding carboxylic acids is 1. The third-order valence-electron chi connectivity index (χ3n) is 4.97. The van der Waals surface area contributed by atoms with Crippen LogP contribution < -0.4 is 5.32 Å². The minimum Gasteiger partial charge on any atom is -0.350 e. The maximum absolute atomic E-state index is 12.9. The van der Waals surface area contributed by atoms with Crippen LogP contribution in [0, 0.1) is 10.1 Å². The van der Waals surface area contributed by atoms with Gasteiger partial charge >= 0.3 is 0 Å². The van der Waals surface area contributed by atoms with Gasteiger partial charge < -0.3 is 10.3 Å². The number of nitro benzene ring substituents is 1. The van der Waals surface area contributed by atoms with E-state index >= 15 is 0 Å². The highest BCUT2D eigenvalue weighted by Crippen LogP contribution is 2.34. The molecule has 0 unspecified atom stereocenters. The number of rotatable bonds is 4. The Kier molecular flexibility index (Phi) is 4.16. The number of aromatic nitrogens is 1. The maximum atomic E-state index is 12.9. The van der Waals surface area contributed by atoms with E-state index in [4.69, 9.17) is 0 Å². The summed E-state index contributed by atoms with van der Waals surface area (Å²) in [6.07, 6.45) is 4.26. The summed E-state index contributed by atoms with van der Waals surface area (Å²) in [5.41, 5.74) is 2.75. The number of aromatic amines is 1. The molecule has 1 fully saturated rings. The Morgan fingerprint density at radius 2 is 1.85 bits per heavy atom. The van der Waals surface area contributed by atoms with Crippen LogP contribution in [-0.2, 0) is 0 Å². The van der Waals surface area contributed by atoms with Crippen molar-refractivity contribution in [2.45, 2.75) is 31.7 Å². The number of carbonyl (C=O) groups is 1. The smallest absolute Gasteiger partial charge is 0.270 e. The summed E-state index contributed by atoms with van der Waals surface area (Å²) in [7, 11) is 0. The van der Waals surface area contributed by atoms with Crippen LogP contribution in [0.1, 0.15) is 36.2 Å². The average Bonchev–Trinajstić information content (AvgIpc) is 3.29. The topological polar surface area (TPSA) is 88.0 Å². The molecule has 1 saturated carbocycles. The summed E-state index contributed by atoms with van der Waals surface area (Å²) in [4.78, 5) is 26.8. The Balaban J connectivity index is 1.85. The minimum atomic E-state index is -0.417. The summed E-state index contributed by atoms with van der Waals surface area (Å²) >= 11 is 0. The molecule has 3 aromatic rings. The van der Waals surface area contributed by atoms with Gasteiger partial charge in [0, 0.05) is 34.6 Å². The number of fused-ring (bicyclic) bond motifs is 1. The van der Waals surface area contributed by atoms with Gasteiger partial charge in [-0.25, -0.2) is 0 Å². The maximum Gasteiger partial charge on any atom is 0.270 e. The van der Waals surface area contributed by atoms with Crippen molar-refractivity contribution in [2.75, 3.05) is 0 Å². The van der Waals surface area contributed by atoms with Crippen LogP contribution in [0.15, 0.2) is 48.5 Å². The predicted molar refractivity (Wildman–Crippen MR) is 100 cm³/mol. The second kappa shape index (κ2) is 6.63. The number of non-ortho nitro benzene ring substituents is 1. The summed E-state index contributed by atoms with van der Waals surface area (Å²) in [6.45, 7) is 0. The summed E-state index contributed by atoms with van der Waals surface area (Å²) < 4.78 is 0. The van der Waals surface area contributed by atoms with Gasteiger partial charge in [0.25, 0.3) is 11.6 Å². The molecule has 1 aliphatic carbocycles. The number of H-pyrrole nitrogens is 1. The first-order valence-corrected chi connectivity index (χ1v) is 8.80. The number of nitro groups is 1. The van der Waals surface area contributed by atoms with Gasteiger partial charge in [0.05, 0.1) is 4.92 Å². The molecular formula is C20H19N3O3. The Morgan fingerprint density at radius 1 is 1.12 bits per heavy atom. The fraction of sp³-hybridized carbons (Fsp3) is 0.250. The first kappa shape index (κ1) is 16.3. The third kappa shape index (κ3) is 2.94. The monoisotopic (exact) mass is 349 g/mol. The molecule has 0 bridgehead atoms. The van der Waals surface area contributed by atoms with E-state index in [1.165, 1.54) is 12.1 Å². The second-order valence-electron chi connectivity index (χ2n) is 6.68. The number of benzene rings is 2. The Labute approximate surface area is 150 Å². The standard InChI is InChI=1S/C20H19N3O3/c24-20(21-14-8-4-5-9-14)19-18(13-6-2-1-3-7-13)16-12-15(23(25)26)10-11-17(16)22-19/h1-3,6-7,10-12,14,22H,4-5,8-9H2,(H,21,24). The number of hydrogen-bond acceptors (Lipinski definition) is 3. The molecule has 0 spiro atoms. The summed E-state index contributed by atoms with van der Waals surface area (Å²) in [6, 6.07) is 14.3. The Bertz CT molecular complexity index is 973. The lowest BCUT2D eigenvalue weighted by molar-refractivity contribution is -0.384. The zero-order valence-corrected chi connectivity index (χ0v) is 14.2. The highest BCUT2D eigenvalue weighted by molar-refractivity contribution is 6.10. The Morgan fingerprint density at radius 3 is 2.54 bits per heavy atom. The van der Waals surface area contributed by atoms with Crippen molar-refractivity contribution in [1.82, 2.24) is 10.3 Å². The molecule has 4 rings (SSSR count). The average molecular weight is 349 g/mol. The van der Waals surface area contributed by atoms with Gasteiger partial charge in [0.15, 0.2) is 0 Å². The largest absolute Gasteiger partial charge is 0.350 e. The number of hydrogen-bond donors (Lipinski definition) is 2. The van der Waals surface area contributed by atoms with Crippen molar-refractivity contribution in [3.63, 3.8) is 0 Å². The zero-order valence-electron chi connectivity index (χ0n) is 14.2. The molecule has 0 saturated heterocycles. The summed E-state index contributed by atoms with van der Waals surface area (Å²) in [5.74, 6) is -0.158. The van der Waals surface area contributed by atoms with Gasteiger partial charge in [-0.1, -0.05) is 43.2 Å². The van der Waals surface area contributed by atoms with Crippen LogP contribution in [0.25, 0.3) is 22.0 Å². The first-order valence-electron chi connectivity index (χ1n) is 8.80. The van der Waals surface area contributed by atoms with E-state index < -0.39 is 4.92 Å². The molecule has 0 atom stereocenters. The number of amides is 1. The highest BCUT2D eigenvalue weighted by Gasteiger charge is 2.24. The molecule has 6 heteroatoms. The zero-order chi connectivity index (χ0) is 18.1. The lowest BCUT2D eigenvalue weighted by Gasteiger charge is -2.12. The molecule has 0 radical (unpaired) electrons. The van der Waals surface area contributed by atoms with Crippen molar-refractivity contribution >= 4 is 22.5 Å². The van der Waals surface area contributed by atoms with E-state index in [1.807, 2.05) is 30.3 Å². The first-order chi connectivity index (χ1) is 12.6. The van der Waals surface area contributed by atoms with Crippen molar-refractivity contribution in [3.05, 3.63) is 64.3 Å². The van der Waals surface area contributed by atoms with Crippen molar-refractivity contribution in [2.24, 2.45) is 0 Å². The number of nitrogens with zero attached hydrogens (tertiary/aromatic N) is 1. The molecule has 2 aromatic carbocycles. The van der Waals surface area contributed by atoms with E-state index in [1.54, 1.807) is 6.07 Å². The third-order valence-corrected chi connectivity index (χ3v) is 4.97. The van der Waals surface area contributed by atoms with Gasteiger partial charge in [-0.2, -0.15) is 0 Å². The van der Waals surface area contributed by atoms with Crippen LogP contribution in [0.4, 0.5) is 5.69 Å². The molecule has 1 aliphatic rings. The van der Waals surface area contributed by atoms with E-state index in [2.05, 4.69) is 10.3 Å². The quantitative estimate of drug-likeness (QED) is 0.540. The molecule has 6 nitrogen and oxygen atoms in total. The lowest BCUT2D eigenvalue weighted by atomic mass is 10.0. The lowest BCUT2D eigenvalue weighted by Crippen LogP contribution is -2.33. The van der Waals surface area contributed by atoms with E-state index in [0.29, 0.717) is 22.2 Å². The SMILES string of the molecule is O=C(NC1CCCC1)c1[nH]c2ccc([N+](=O)[O-])cc2c1-c1ccccc1. The van der Waals surface area contributed by atoms with Gasteiger partial charge in [-0.15, -0.1) is 0 Å². The van der Waals surface area contributed by atoms with Crippen molar-refractivity contribution in [3.8, 4) is 11.1 Å². The van der Waals surface area contributed by atoms with E-state index in [9.17, 15) is 14.9 Å². The molecule has 132 valence electrons. The predicted octanol–water partition coefficient (Wildman–Crippen LogP) is 4.42. The van der Waals surface area contributed by atoms with Gasteiger partial charge in [-0.05, 0) is 24.5 Å². The molecular weight excluding hydrogens is 330 g/mol. The van der Waals surface area contributed by atoms with Crippen LogP contribution >= 0.6 is 0 Å². The number of nitrogens with one attached hydrogen (secondary N) is 2. The molecule has 26 heavy (non-hydrogen) atoms. The second-order valence-corrected chi connectivity index (χ2v) is 6.68. The Hall–Kier alpha value is -3.15. The minimum absolute atomic E-state index is 0.0106. The van der Waals surface area contributed by atoms with Crippen LogP contribution in [-0.4, -0.2) is 21.9 Å². The summed E-state index contributed by atoms with van der Waals surface area (Å²) in [5, 5.41) is 15.0. The van der Waals surface area contributed by atoms with Gasteiger partial charge in [0.2, 0.25) is 0 Å². The normalized spacial score (nSPS) is 14.6.